The van der Waals surface area contributed by atoms with E-state index < -0.39 is 0 Å². The third-order valence-electron chi connectivity index (χ3n) is 5.02. The number of carbonyl (C=O) groups is 1. The fourth-order valence-corrected chi connectivity index (χ4v) is 4.62. The SMILES string of the molecule is O=C(NCCN1CCc2ccccc2C1)c1ccc([C@H]2CCCO2)s1. The van der Waals surface area contributed by atoms with Gasteiger partial charge in [0.1, 0.15) is 0 Å². The molecular formula is C20H24N2O2S. The smallest absolute Gasteiger partial charge is 0.261 e. The van der Waals surface area contributed by atoms with Crippen molar-refractivity contribution in [2.75, 3.05) is 26.2 Å². The first kappa shape index (κ1) is 16.8. The van der Waals surface area contributed by atoms with Gasteiger partial charge in [0.2, 0.25) is 0 Å². The summed E-state index contributed by atoms with van der Waals surface area (Å²) in [6.45, 7) is 4.46. The predicted octanol–water partition coefficient (Wildman–Crippen LogP) is 3.39. The Balaban J connectivity index is 1.25. The molecule has 0 bridgehead atoms. The van der Waals surface area contributed by atoms with Crippen molar-refractivity contribution in [1.29, 1.82) is 0 Å². The van der Waals surface area contributed by atoms with Crippen LogP contribution in [0, 0.1) is 0 Å². The molecule has 2 aliphatic heterocycles. The second kappa shape index (κ2) is 7.68. The summed E-state index contributed by atoms with van der Waals surface area (Å²) >= 11 is 1.56. The van der Waals surface area contributed by atoms with Gasteiger partial charge < -0.3 is 10.1 Å². The maximum absolute atomic E-state index is 12.4. The molecule has 1 aromatic heterocycles. The van der Waals surface area contributed by atoms with Gasteiger partial charge in [-0.05, 0) is 42.5 Å². The molecule has 5 heteroatoms. The van der Waals surface area contributed by atoms with Crippen molar-refractivity contribution in [2.24, 2.45) is 0 Å². The van der Waals surface area contributed by atoms with Crippen molar-refractivity contribution in [1.82, 2.24) is 10.2 Å². The molecule has 3 heterocycles. The monoisotopic (exact) mass is 356 g/mol. The number of ether oxygens (including phenoxy) is 1. The van der Waals surface area contributed by atoms with E-state index in [-0.39, 0.29) is 12.0 Å². The zero-order chi connectivity index (χ0) is 17.1. The summed E-state index contributed by atoms with van der Waals surface area (Å²) in [5, 5.41) is 3.06. The van der Waals surface area contributed by atoms with E-state index in [1.807, 2.05) is 12.1 Å². The van der Waals surface area contributed by atoms with Gasteiger partial charge in [-0.1, -0.05) is 24.3 Å². The summed E-state index contributed by atoms with van der Waals surface area (Å²) in [6.07, 6.45) is 3.47. The zero-order valence-corrected chi connectivity index (χ0v) is 15.2. The van der Waals surface area contributed by atoms with Crippen molar-refractivity contribution in [3.05, 3.63) is 57.3 Å². The summed E-state index contributed by atoms with van der Waals surface area (Å²) < 4.78 is 5.69. The largest absolute Gasteiger partial charge is 0.373 e. The van der Waals surface area contributed by atoms with E-state index in [2.05, 4.69) is 34.5 Å². The maximum atomic E-state index is 12.4. The lowest BCUT2D eigenvalue weighted by atomic mass is 10.00. The number of amides is 1. The van der Waals surface area contributed by atoms with Crippen molar-refractivity contribution in [3.63, 3.8) is 0 Å². The van der Waals surface area contributed by atoms with Crippen LogP contribution in [0.1, 0.15) is 44.6 Å². The van der Waals surface area contributed by atoms with Gasteiger partial charge in [-0.2, -0.15) is 0 Å². The molecule has 25 heavy (non-hydrogen) atoms. The van der Waals surface area contributed by atoms with Gasteiger partial charge >= 0.3 is 0 Å². The van der Waals surface area contributed by atoms with Gasteiger partial charge in [0.15, 0.2) is 0 Å². The Morgan fingerprint density at radius 3 is 2.96 bits per heavy atom. The fraction of sp³-hybridized carbons (Fsp3) is 0.450. The highest BCUT2D eigenvalue weighted by atomic mass is 32.1. The van der Waals surface area contributed by atoms with Crippen molar-refractivity contribution < 1.29 is 9.53 Å². The van der Waals surface area contributed by atoms with E-state index in [1.54, 1.807) is 11.3 Å². The Morgan fingerprint density at radius 2 is 2.12 bits per heavy atom. The molecule has 0 saturated carbocycles. The first-order valence-electron chi connectivity index (χ1n) is 9.08. The lowest BCUT2D eigenvalue weighted by Crippen LogP contribution is -2.37. The summed E-state index contributed by atoms with van der Waals surface area (Å²) in [7, 11) is 0. The molecule has 0 unspecified atom stereocenters. The van der Waals surface area contributed by atoms with Crippen LogP contribution < -0.4 is 5.32 Å². The minimum atomic E-state index is 0.0339. The third-order valence-corrected chi connectivity index (χ3v) is 6.20. The van der Waals surface area contributed by atoms with Crippen LogP contribution in [0.2, 0.25) is 0 Å². The number of hydrogen-bond acceptors (Lipinski definition) is 4. The Morgan fingerprint density at radius 1 is 1.24 bits per heavy atom. The lowest BCUT2D eigenvalue weighted by Gasteiger charge is -2.28. The molecule has 0 spiro atoms. The van der Waals surface area contributed by atoms with Gasteiger partial charge in [-0.25, -0.2) is 0 Å². The van der Waals surface area contributed by atoms with Crippen LogP contribution in [0.25, 0.3) is 0 Å². The predicted molar refractivity (Wildman–Crippen MR) is 100 cm³/mol. The summed E-state index contributed by atoms with van der Waals surface area (Å²) in [5.41, 5.74) is 2.88. The molecule has 2 aliphatic rings. The van der Waals surface area contributed by atoms with E-state index in [4.69, 9.17) is 4.74 Å². The highest BCUT2D eigenvalue weighted by Crippen LogP contribution is 2.33. The van der Waals surface area contributed by atoms with E-state index in [0.29, 0.717) is 6.54 Å². The normalized spacial score (nSPS) is 20.4. The molecule has 1 amide bonds. The molecule has 1 aromatic carbocycles. The van der Waals surface area contributed by atoms with E-state index in [9.17, 15) is 4.79 Å². The Bertz CT molecular complexity index is 737. The van der Waals surface area contributed by atoms with Gasteiger partial charge in [0.25, 0.3) is 5.91 Å². The molecular weight excluding hydrogens is 332 g/mol. The van der Waals surface area contributed by atoms with Crippen LogP contribution >= 0.6 is 11.3 Å². The van der Waals surface area contributed by atoms with E-state index in [1.165, 1.54) is 16.0 Å². The first-order valence-corrected chi connectivity index (χ1v) is 9.90. The zero-order valence-electron chi connectivity index (χ0n) is 14.4. The minimum absolute atomic E-state index is 0.0339. The van der Waals surface area contributed by atoms with Crippen LogP contribution in [0.15, 0.2) is 36.4 Å². The summed E-state index contributed by atoms with van der Waals surface area (Å²) in [5.74, 6) is 0.0339. The van der Waals surface area contributed by atoms with Crippen LogP contribution in [0.5, 0.6) is 0 Å². The number of benzene rings is 1. The number of rotatable bonds is 5. The third kappa shape index (κ3) is 3.94. The summed E-state index contributed by atoms with van der Waals surface area (Å²) in [4.78, 5) is 16.7. The standard InChI is InChI=1S/C20H24N2O2S/c23-20(19-8-7-18(25-19)17-6-3-13-24-17)21-10-12-22-11-9-15-4-1-2-5-16(15)14-22/h1-2,4-5,7-8,17H,3,6,9-14H2,(H,21,23)/t17-/m1/s1. The number of nitrogens with one attached hydrogen (secondary N) is 1. The Kier molecular flexibility index (Phi) is 5.15. The number of nitrogens with zero attached hydrogens (tertiary/aromatic N) is 1. The second-order valence-corrected chi connectivity index (χ2v) is 7.87. The molecule has 1 saturated heterocycles. The molecule has 4 nitrogen and oxygen atoms in total. The van der Waals surface area contributed by atoms with Crippen molar-refractivity contribution in [3.8, 4) is 0 Å². The number of thiophene rings is 1. The molecule has 2 aromatic rings. The Labute approximate surface area is 152 Å². The van der Waals surface area contributed by atoms with Gasteiger partial charge in [-0.15, -0.1) is 11.3 Å². The molecule has 1 N–H and O–H groups in total. The van der Waals surface area contributed by atoms with Crippen molar-refractivity contribution in [2.45, 2.75) is 31.9 Å². The average molecular weight is 356 g/mol. The molecule has 4 rings (SSSR count). The van der Waals surface area contributed by atoms with Crippen molar-refractivity contribution >= 4 is 17.2 Å². The number of hydrogen-bond donors (Lipinski definition) is 1. The van der Waals surface area contributed by atoms with Crippen LogP contribution in [0.4, 0.5) is 0 Å². The molecule has 132 valence electrons. The van der Waals surface area contributed by atoms with Gasteiger partial charge in [0, 0.05) is 37.7 Å². The highest BCUT2D eigenvalue weighted by Gasteiger charge is 2.21. The average Bonchev–Trinajstić information content (AvgIpc) is 3.33. The van der Waals surface area contributed by atoms with Crippen LogP contribution in [0.3, 0.4) is 0 Å². The van der Waals surface area contributed by atoms with E-state index >= 15 is 0 Å². The second-order valence-electron chi connectivity index (χ2n) is 6.75. The maximum Gasteiger partial charge on any atom is 0.261 e. The van der Waals surface area contributed by atoms with Crippen LogP contribution in [-0.2, 0) is 17.7 Å². The number of fused-ring (bicyclic) bond motifs is 1. The quantitative estimate of drug-likeness (QED) is 0.893. The first-order chi connectivity index (χ1) is 12.3. The molecule has 0 aliphatic carbocycles. The van der Waals surface area contributed by atoms with Gasteiger partial charge in [0.05, 0.1) is 11.0 Å². The Hall–Kier alpha value is -1.69. The van der Waals surface area contributed by atoms with Crippen LogP contribution in [-0.4, -0.2) is 37.0 Å². The minimum Gasteiger partial charge on any atom is -0.373 e. The number of carbonyl (C=O) groups excluding carboxylic acids is 1. The molecule has 1 fully saturated rings. The summed E-state index contributed by atoms with van der Waals surface area (Å²) in [6, 6.07) is 12.6. The topological polar surface area (TPSA) is 41.6 Å². The fourth-order valence-electron chi connectivity index (χ4n) is 3.61. The molecule has 0 radical (unpaired) electrons. The van der Waals surface area contributed by atoms with E-state index in [0.717, 1.165) is 50.4 Å². The molecule has 1 atom stereocenters. The lowest BCUT2D eigenvalue weighted by molar-refractivity contribution is 0.0951. The highest BCUT2D eigenvalue weighted by molar-refractivity contribution is 7.14. The van der Waals surface area contributed by atoms with Gasteiger partial charge in [-0.3, -0.25) is 9.69 Å².